The highest BCUT2D eigenvalue weighted by Gasteiger charge is 2.43. The van der Waals surface area contributed by atoms with Crippen LogP contribution >= 0.6 is 0 Å². The van der Waals surface area contributed by atoms with Crippen LogP contribution in [0.4, 0.5) is 28.4 Å². The summed E-state index contributed by atoms with van der Waals surface area (Å²) in [6.07, 6.45) is 2.41. The quantitative estimate of drug-likeness (QED) is 0.169. The summed E-state index contributed by atoms with van der Waals surface area (Å²) in [5, 5.41) is 2.44. The van der Waals surface area contributed by atoms with Gasteiger partial charge in [-0.25, -0.2) is 0 Å². The van der Waals surface area contributed by atoms with Gasteiger partial charge in [0, 0.05) is 39.5 Å². The number of nitrogens with zero attached hydrogens (tertiary/aromatic N) is 2. The summed E-state index contributed by atoms with van der Waals surface area (Å²) in [4.78, 5) is 4.88. The summed E-state index contributed by atoms with van der Waals surface area (Å²) in [5.41, 5.74) is 17.2. The average molecular weight is 721 g/mol. The number of hydrogen-bond acceptors (Lipinski definition) is 2. The minimum absolute atomic E-state index is 0.0895. The Balaban J connectivity index is 1.11. The standard InChI is InChI=1S/C54H44N2/c1-53(2)46-22-13-14-25-51(46)55-36-49(54(3,4)48-24-15-23-47(53)52(48)55)40-28-32-42(33-29-40)56(41-30-26-38(27-31-41)37-16-7-5-8-17-37)50-35-34-43(39-18-9-6-10-19-39)44-20-11-12-21-45(44)50/h5-36H,1-4H3. The van der Waals surface area contributed by atoms with Crippen LogP contribution in [0.3, 0.4) is 0 Å². The number of benzene rings is 8. The molecule has 10 rings (SSSR count). The summed E-state index contributed by atoms with van der Waals surface area (Å²) < 4.78 is 0. The van der Waals surface area contributed by atoms with Gasteiger partial charge in [0.05, 0.1) is 11.4 Å². The SMILES string of the molecule is CC1(C)C(c2ccc(N(c3ccc(-c4ccccc4)cc3)c3ccc(-c4ccccc4)c4ccccc34)cc2)=CN2c3ccccc3C(C)(C)c3cccc1c32. The maximum absolute atomic E-state index is 2.46. The van der Waals surface area contributed by atoms with Crippen LogP contribution in [0.1, 0.15) is 49.9 Å². The molecule has 0 spiro atoms. The largest absolute Gasteiger partial charge is 0.316 e. The highest BCUT2D eigenvalue weighted by atomic mass is 15.2. The van der Waals surface area contributed by atoms with E-state index in [-0.39, 0.29) is 10.8 Å². The van der Waals surface area contributed by atoms with Gasteiger partial charge in [-0.2, -0.15) is 0 Å². The Hall–Kier alpha value is -6.64. The Kier molecular flexibility index (Phi) is 7.87. The summed E-state index contributed by atoms with van der Waals surface area (Å²) in [6.45, 7) is 9.49. The van der Waals surface area contributed by atoms with Crippen LogP contribution in [0.2, 0.25) is 0 Å². The lowest BCUT2D eigenvalue weighted by molar-refractivity contribution is 0.614. The zero-order valence-corrected chi connectivity index (χ0v) is 32.4. The van der Waals surface area contributed by atoms with Gasteiger partial charge in [-0.15, -0.1) is 0 Å². The van der Waals surface area contributed by atoms with Crippen molar-refractivity contribution in [3.05, 3.63) is 217 Å². The van der Waals surface area contributed by atoms with Crippen molar-refractivity contribution in [2.75, 3.05) is 9.80 Å². The molecule has 8 aromatic rings. The van der Waals surface area contributed by atoms with Crippen LogP contribution in [0.15, 0.2) is 194 Å². The van der Waals surface area contributed by atoms with Crippen molar-refractivity contribution in [2.24, 2.45) is 0 Å². The van der Waals surface area contributed by atoms with Gasteiger partial charge in [-0.3, -0.25) is 0 Å². The molecule has 2 nitrogen and oxygen atoms in total. The minimum Gasteiger partial charge on any atom is -0.316 e. The van der Waals surface area contributed by atoms with E-state index in [0.717, 1.165) is 17.1 Å². The van der Waals surface area contributed by atoms with Gasteiger partial charge in [-0.05, 0) is 91.9 Å². The molecule has 2 aliphatic rings. The number of anilines is 5. The molecule has 0 saturated heterocycles. The molecular formula is C54H44N2. The van der Waals surface area contributed by atoms with Crippen molar-refractivity contribution in [3.63, 3.8) is 0 Å². The molecule has 8 aromatic carbocycles. The van der Waals surface area contributed by atoms with Crippen molar-refractivity contribution >= 4 is 44.8 Å². The van der Waals surface area contributed by atoms with Crippen molar-refractivity contribution in [1.29, 1.82) is 0 Å². The maximum Gasteiger partial charge on any atom is 0.0540 e. The molecule has 0 fully saturated rings. The molecule has 0 N–H and O–H groups in total. The lowest BCUT2D eigenvalue weighted by Crippen LogP contribution is -2.37. The fourth-order valence-corrected chi connectivity index (χ4v) is 9.29. The number of para-hydroxylation sites is 2. The highest BCUT2D eigenvalue weighted by molar-refractivity contribution is 6.06. The summed E-state index contributed by atoms with van der Waals surface area (Å²) in [7, 11) is 0. The first-order valence-corrected chi connectivity index (χ1v) is 19.7. The molecule has 0 unspecified atom stereocenters. The molecule has 2 aliphatic heterocycles. The number of allylic oxidation sites excluding steroid dienone is 1. The second-order valence-electron chi connectivity index (χ2n) is 16.2. The van der Waals surface area contributed by atoms with Gasteiger partial charge in [0.15, 0.2) is 0 Å². The lowest BCUT2D eigenvalue weighted by atomic mass is 9.66. The van der Waals surface area contributed by atoms with Gasteiger partial charge in [0.25, 0.3) is 0 Å². The predicted octanol–water partition coefficient (Wildman–Crippen LogP) is 14.8. The number of rotatable bonds is 6. The van der Waals surface area contributed by atoms with Gasteiger partial charge < -0.3 is 9.80 Å². The van der Waals surface area contributed by atoms with E-state index < -0.39 is 0 Å². The fraction of sp³-hybridized carbons (Fsp3) is 0.111. The molecule has 2 heteroatoms. The van der Waals surface area contributed by atoms with E-state index in [1.807, 2.05) is 0 Å². The van der Waals surface area contributed by atoms with E-state index in [2.05, 4.69) is 232 Å². The van der Waals surface area contributed by atoms with Crippen molar-refractivity contribution in [2.45, 2.75) is 38.5 Å². The summed E-state index contributed by atoms with van der Waals surface area (Å²) in [5.74, 6) is 0. The molecule has 2 heterocycles. The summed E-state index contributed by atoms with van der Waals surface area (Å²) >= 11 is 0. The van der Waals surface area contributed by atoms with Crippen LogP contribution in [-0.2, 0) is 10.8 Å². The molecule has 0 bridgehead atoms. The van der Waals surface area contributed by atoms with Crippen molar-refractivity contribution in [1.82, 2.24) is 0 Å². The fourth-order valence-electron chi connectivity index (χ4n) is 9.29. The Bertz CT molecular complexity index is 2780. The molecular weight excluding hydrogens is 677 g/mol. The average Bonchev–Trinajstić information content (AvgIpc) is 3.24. The van der Waals surface area contributed by atoms with Crippen LogP contribution < -0.4 is 9.80 Å². The third kappa shape index (κ3) is 5.32. The monoisotopic (exact) mass is 720 g/mol. The van der Waals surface area contributed by atoms with E-state index >= 15 is 0 Å². The molecule has 56 heavy (non-hydrogen) atoms. The normalized spacial score (nSPS) is 14.8. The Labute approximate surface area is 330 Å². The van der Waals surface area contributed by atoms with Crippen LogP contribution in [0.25, 0.3) is 38.6 Å². The van der Waals surface area contributed by atoms with Crippen molar-refractivity contribution < 1.29 is 0 Å². The zero-order chi connectivity index (χ0) is 38.0. The second kappa shape index (κ2) is 13.0. The lowest BCUT2D eigenvalue weighted by Gasteiger charge is -2.47. The van der Waals surface area contributed by atoms with Crippen LogP contribution in [0.5, 0.6) is 0 Å². The number of fused-ring (bicyclic) bond motifs is 3. The van der Waals surface area contributed by atoms with E-state index in [9.17, 15) is 0 Å². The van der Waals surface area contributed by atoms with E-state index in [1.165, 1.54) is 72.2 Å². The topological polar surface area (TPSA) is 6.48 Å². The van der Waals surface area contributed by atoms with Gasteiger partial charge >= 0.3 is 0 Å². The second-order valence-corrected chi connectivity index (χ2v) is 16.2. The van der Waals surface area contributed by atoms with Crippen LogP contribution in [-0.4, -0.2) is 0 Å². The third-order valence-corrected chi connectivity index (χ3v) is 12.3. The molecule has 0 aliphatic carbocycles. The molecule has 0 saturated carbocycles. The van der Waals surface area contributed by atoms with Gasteiger partial charge in [-0.1, -0.05) is 179 Å². The van der Waals surface area contributed by atoms with Crippen LogP contribution in [0, 0.1) is 0 Å². The van der Waals surface area contributed by atoms with E-state index in [1.54, 1.807) is 0 Å². The Morgan fingerprint density at radius 3 is 1.59 bits per heavy atom. The smallest absolute Gasteiger partial charge is 0.0540 e. The zero-order valence-electron chi connectivity index (χ0n) is 32.4. The first-order valence-electron chi connectivity index (χ1n) is 19.7. The maximum atomic E-state index is 2.46. The molecule has 0 atom stereocenters. The molecule has 270 valence electrons. The molecule has 0 radical (unpaired) electrons. The third-order valence-electron chi connectivity index (χ3n) is 12.3. The minimum atomic E-state index is -0.206. The molecule has 0 amide bonds. The van der Waals surface area contributed by atoms with Gasteiger partial charge in [0.1, 0.15) is 0 Å². The first kappa shape index (κ1) is 33.9. The highest BCUT2D eigenvalue weighted by Crippen LogP contribution is 2.57. The Morgan fingerprint density at radius 2 is 0.911 bits per heavy atom. The Morgan fingerprint density at radius 1 is 0.393 bits per heavy atom. The van der Waals surface area contributed by atoms with Gasteiger partial charge in [0.2, 0.25) is 0 Å². The molecule has 0 aromatic heterocycles. The predicted molar refractivity (Wildman–Crippen MR) is 238 cm³/mol. The summed E-state index contributed by atoms with van der Waals surface area (Å²) in [6, 6.07) is 68.8. The van der Waals surface area contributed by atoms with E-state index in [0.29, 0.717) is 0 Å². The number of hydrogen-bond donors (Lipinski definition) is 0. The van der Waals surface area contributed by atoms with E-state index in [4.69, 9.17) is 0 Å². The van der Waals surface area contributed by atoms with Crippen molar-refractivity contribution in [3.8, 4) is 22.3 Å². The first-order chi connectivity index (χ1) is 27.3.